The van der Waals surface area contributed by atoms with Crippen LogP contribution in [0.3, 0.4) is 0 Å². The Hall–Kier alpha value is -1.90. The van der Waals surface area contributed by atoms with Crippen molar-refractivity contribution in [2.45, 2.75) is 43.7 Å². The summed E-state index contributed by atoms with van der Waals surface area (Å²) in [5.74, 6) is -2.86. The van der Waals surface area contributed by atoms with Crippen LogP contribution in [0, 0.1) is 0 Å². The molecule has 4 atom stereocenters. The number of ether oxygens (including phenoxy) is 3. The molecule has 1 aliphatic heterocycles. The summed E-state index contributed by atoms with van der Waals surface area (Å²) in [6.07, 6.45) is -6.87. The number of rotatable bonds is 8. The minimum Gasteiger partial charge on any atom is -0.394 e. The first-order valence-corrected chi connectivity index (χ1v) is 8.65. The van der Waals surface area contributed by atoms with Gasteiger partial charge in [-0.05, 0) is 11.1 Å². The lowest BCUT2D eigenvalue weighted by Gasteiger charge is -2.29. The highest BCUT2D eigenvalue weighted by Crippen LogP contribution is 2.38. The monoisotopic (exact) mass is 380 g/mol. The Labute approximate surface area is 156 Å². The Kier molecular flexibility index (Phi) is 6.51. The molecular formula is C20H22F2O5. The van der Waals surface area contributed by atoms with Crippen molar-refractivity contribution >= 4 is 0 Å². The number of halogens is 2. The lowest BCUT2D eigenvalue weighted by Crippen LogP contribution is -2.51. The smallest absolute Gasteiger partial charge is 0.294 e. The predicted octanol–water partition coefficient (Wildman–Crippen LogP) is 2.50. The van der Waals surface area contributed by atoms with Crippen LogP contribution in [0.4, 0.5) is 8.78 Å². The lowest BCUT2D eigenvalue weighted by molar-refractivity contribution is -0.297. The zero-order valence-corrected chi connectivity index (χ0v) is 14.6. The molecule has 1 aliphatic rings. The van der Waals surface area contributed by atoms with Gasteiger partial charge in [-0.2, -0.15) is 0 Å². The van der Waals surface area contributed by atoms with Crippen molar-refractivity contribution in [3.63, 3.8) is 0 Å². The summed E-state index contributed by atoms with van der Waals surface area (Å²) in [6.45, 7) is -0.483. The second-order valence-corrected chi connectivity index (χ2v) is 6.37. The first-order chi connectivity index (χ1) is 13.0. The third kappa shape index (κ3) is 4.51. The largest absolute Gasteiger partial charge is 0.394 e. The zero-order chi connectivity index (χ0) is 19.3. The molecule has 0 saturated carbocycles. The van der Waals surface area contributed by atoms with Crippen molar-refractivity contribution in [2.75, 3.05) is 6.61 Å². The molecular weight excluding hydrogens is 358 g/mol. The highest BCUT2D eigenvalue weighted by molar-refractivity contribution is 5.15. The number of alkyl halides is 2. The Morgan fingerprint density at radius 1 is 0.926 bits per heavy atom. The number of hydrogen-bond acceptors (Lipinski definition) is 5. The minimum atomic E-state index is -3.22. The van der Waals surface area contributed by atoms with Crippen LogP contribution < -0.4 is 0 Å². The van der Waals surface area contributed by atoms with Crippen LogP contribution in [0.5, 0.6) is 0 Å². The molecule has 0 spiro atoms. The Morgan fingerprint density at radius 3 is 1.93 bits per heavy atom. The van der Waals surface area contributed by atoms with Crippen molar-refractivity contribution in [3.05, 3.63) is 71.8 Å². The molecule has 2 N–H and O–H groups in total. The highest BCUT2D eigenvalue weighted by Gasteiger charge is 2.61. The van der Waals surface area contributed by atoms with Gasteiger partial charge in [0.2, 0.25) is 0 Å². The normalized spacial score (nSPS) is 28.0. The van der Waals surface area contributed by atoms with Gasteiger partial charge in [0.15, 0.2) is 0 Å². The van der Waals surface area contributed by atoms with E-state index in [9.17, 15) is 19.0 Å². The summed E-state index contributed by atoms with van der Waals surface area (Å²) >= 11 is 0. The molecule has 1 fully saturated rings. The summed E-state index contributed by atoms with van der Waals surface area (Å²) in [6, 6.07) is 18.1. The summed E-state index contributed by atoms with van der Waals surface area (Å²) in [5, 5.41) is 19.9. The maximum Gasteiger partial charge on any atom is 0.294 e. The third-order valence-electron chi connectivity index (χ3n) is 4.46. The molecule has 2 aromatic rings. The molecule has 27 heavy (non-hydrogen) atoms. The van der Waals surface area contributed by atoms with Crippen LogP contribution in [0.1, 0.15) is 11.1 Å². The van der Waals surface area contributed by atoms with Crippen molar-refractivity contribution in [1.29, 1.82) is 0 Å². The number of hydrogen-bond donors (Lipinski definition) is 2. The van der Waals surface area contributed by atoms with Crippen molar-refractivity contribution in [3.8, 4) is 0 Å². The zero-order valence-electron chi connectivity index (χ0n) is 14.6. The summed E-state index contributed by atoms with van der Waals surface area (Å²) < 4.78 is 43.5. The molecule has 0 amide bonds. The van der Waals surface area contributed by atoms with Gasteiger partial charge in [-0.15, -0.1) is 0 Å². The minimum absolute atomic E-state index is 0.00670. The van der Waals surface area contributed by atoms with E-state index in [1.807, 2.05) is 36.4 Å². The Balaban J connectivity index is 1.77. The average molecular weight is 380 g/mol. The molecule has 5 nitrogen and oxygen atoms in total. The molecule has 3 rings (SSSR count). The van der Waals surface area contributed by atoms with E-state index in [1.54, 1.807) is 24.3 Å². The van der Waals surface area contributed by atoms with Gasteiger partial charge < -0.3 is 24.4 Å². The molecule has 0 bridgehead atoms. The lowest BCUT2D eigenvalue weighted by atomic mass is 10.0. The molecule has 0 aromatic heterocycles. The quantitative estimate of drug-likeness (QED) is 0.737. The molecule has 1 saturated heterocycles. The number of aliphatic hydroxyl groups is 2. The molecule has 0 radical (unpaired) electrons. The van der Waals surface area contributed by atoms with Gasteiger partial charge in [0.1, 0.15) is 18.3 Å². The van der Waals surface area contributed by atoms with E-state index in [-0.39, 0.29) is 13.2 Å². The maximum atomic E-state index is 13.6. The van der Waals surface area contributed by atoms with E-state index < -0.39 is 37.1 Å². The summed E-state index contributed by atoms with van der Waals surface area (Å²) in [7, 11) is 0. The molecule has 0 aliphatic carbocycles. The van der Waals surface area contributed by atoms with Gasteiger partial charge in [-0.25, -0.2) is 8.78 Å². The molecule has 146 valence electrons. The molecule has 2 aromatic carbocycles. The van der Waals surface area contributed by atoms with Crippen LogP contribution >= 0.6 is 0 Å². The van der Waals surface area contributed by atoms with Gasteiger partial charge in [-0.3, -0.25) is 0 Å². The van der Waals surface area contributed by atoms with E-state index >= 15 is 0 Å². The second kappa shape index (κ2) is 8.86. The first-order valence-electron chi connectivity index (χ1n) is 8.65. The second-order valence-electron chi connectivity index (χ2n) is 6.37. The van der Waals surface area contributed by atoms with Crippen molar-refractivity contribution in [1.82, 2.24) is 0 Å². The van der Waals surface area contributed by atoms with Crippen LogP contribution in [0.25, 0.3) is 0 Å². The molecule has 7 heteroatoms. The van der Waals surface area contributed by atoms with E-state index in [0.717, 1.165) is 11.1 Å². The summed E-state index contributed by atoms with van der Waals surface area (Å²) in [5.41, 5.74) is 1.58. The Bertz CT molecular complexity index is 700. The molecule has 1 unspecified atom stereocenters. The van der Waals surface area contributed by atoms with Crippen molar-refractivity contribution < 1.29 is 33.2 Å². The highest BCUT2D eigenvalue weighted by atomic mass is 19.3. The van der Waals surface area contributed by atoms with Crippen LogP contribution in [-0.2, 0) is 27.4 Å². The summed E-state index contributed by atoms with van der Waals surface area (Å²) in [4.78, 5) is 0. The van der Waals surface area contributed by atoms with Gasteiger partial charge in [0.05, 0.1) is 19.8 Å². The fourth-order valence-electron chi connectivity index (χ4n) is 3.06. The number of benzene rings is 2. The van der Waals surface area contributed by atoms with E-state index in [2.05, 4.69) is 0 Å². The standard InChI is InChI=1S/C20H22F2O5/c21-19(22)20(24)18(26-13-15-9-5-2-6-10-15)17(16(11-23)27-20)25-12-14-7-3-1-4-8-14/h1-10,16-19,23-24H,11-13H2/t16-,17-,18+,20?/m1/s1. The average Bonchev–Trinajstić information content (AvgIpc) is 2.98. The maximum absolute atomic E-state index is 13.6. The van der Waals surface area contributed by atoms with Gasteiger partial charge >= 0.3 is 0 Å². The third-order valence-corrected chi connectivity index (χ3v) is 4.46. The van der Waals surface area contributed by atoms with Crippen molar-refractivity contribution in [2.24, 2.45) is 0 Å². The van der Waals surface area contributed by atoms with Crippen LogP contribution in [0.15, 0.2) is 60.7 Å². The van der Waals surface area contributed by atoms with Gasteiger partial charge in [0.25, 0.3) is 12.2 Å². The van der Waals surface area contributed by atoms with E-state index in [1.165, 1.54) is 0 Å². The van der Waals surface area contributed by atoms with Gasteiger partial charge in [-0.1, -0.05) is 60.7 Å². The van der Waals surface area contributed by atoms with Crippen LogP contribution in [-0.4, -0.2) is 47.3 Å². The predicted molar refractivity (Wildman–Crippen MR) is 93.0 cm³/mol. The topological polar surface area (TPSA) is 68.2 Å². The fourth-order valence-corrected chi connectivity index (χ4v) is 3.06. The molecule has 1 heterocycles. The van der Waals surface area contributed by atoms with Crippen LogP contribution in [0.2, 0.25) is 0 Å². The Morgan fingerprint density at radius 2 is 1.44 bits per heavy atom. The fraction of sp³-hybridized carbons (Fsp3) is 0.400. The van der Waals surface area contributed by atoms with E-state index in [0.29, 0.717) is 0 Å². The van der Waals surface area contributed by atoms with E-state index in [4.69, 9.17) is 14.2 Å². The SMILES string of the molecule is OC[C@H]1OC(O)(C(F)F)[C@@H](OCc2ccccc2)[C@@H]1OCc1ccccc1. The van der Waals surface area contributed by atoms with Gasteiger partial charge in [0, 0.05) is 0 Å². The number of aliphatic hydroxyl groups excluding tert-OH is 1. The first kappa shape index (κ1) is 19.9.